The van der Waals surface area contributed by atoms with Gasteiger partial charge in [-0.2, -0.15) is 0 Å². The van der Waals surface area contributed by atoms with E-state index >= 15 is 0 Å². The molecule has 0 bridgehead atoms. The quantitative estimate of drug-likeness (QED) is 0.543. The second-order valence-corrected chi connectivity index (χ2v) is 6.74. The van der Waals surface area contributed by atoms with Gasteiger partial charge < -0.3 is 14.8 Å². The Morgan fingerprint density at radius 2 is 1.77 bits per heavy atom. The fourth-order valence-corrected chi connectivity index (χ4v) is 2.94. The van der Waals surface area contributed by atoms with Crippen molar-refractivity contribution in [3.05, 3.63) is 40.4 Å². The molecule has 0 aliphatic heterocycles. The molecule has 6 nitrogen and oxygen atoms in total. The van der Waals surface area contributed by atoms with E-state index in [-0.39, 0.29) is 0 Å². The fourth-order valence-electron chi connectivity index (χ4n) is 2.32. The van der Waals surface area contributed by atoms with Crippen molar-refractivity contribution >= 4 is 57.2 Å². The Morgan fingerprint density at radius 1 is 1.04 bits per heavy atom. The highest BCUT2D eigenvalue weighted by Crippen LogP contribution is 2.36. The molecular formula is C17H15Cl3N4O2. The SMILES string of the molecule is CCC(Cl)Oc1cc2nnnc(Nc3cc(Cl)cc(Cl)c3)c2cc1OC. The van der Waals surface area contributed by atoms with E-state index in [9.17, 15) is 0 Å². The molecule has 1 aromatic heterocycles. The molecular weight excluding hydrogens is 399 g/mol. The molecule has 0 aliphatic carbocycles. The normalized spacial score (nSPS) is 12.0. The Balaban J connectivity index is 2.04. The first kappa shape index (κ1) is 18.8. The lowest BCUT2D eigenvalue weighted by atomic mass is 10.2. The van der Waals surface area contributed by atoms with E-state index in [0.717, 1.165) is 0 Å². The number of benzene rings is 2. The highest BCUT2D eigenvalue weighted by atomic mass is 35.5. The van der Waals surface area contributed by atoms with Gasteiger partial charge in [-0.25, -0.2) is 0 Å². The predicted molar refractivity (Wildman–Crippen MR) is 104 cm³/mol. The highest BCUT2D eigenvalue weighted by Gasteiger charge is 2.15. The molecule has 1 heterocycles. The second kappa shape index (κ2) is 8.12. The third-order valence-electron chi connectivity index (χ3n) is 3.54. The van der Waals surface area contributed by atoms with Crippen LogP contribution in [0.1, 0.15) is 13.3 Å². The van der Waals surface area contributed by atoms with Crippen LogP contribution in [0.15, 0.2) is 30.3 Å². The molecule has 0 fully saturated rings. The van der Waals surface area contributed by atoms with E-state index in [4.69, 9.17) is 44.3 Å². The molecule has 9 heteroatoms. The Labute approximate surface area is 165 Å². The predicted octanol–water partition coefficient (Wildman–Crippen LogP) is 5.44. The van der Waals surface area contributed by atoms with Gasteiger partial charge in [0.25, 0.3) is 0 Å². The number of anilines is 2. The highest BCUT2D eigenvalue weighted by molar-refractivity contribution is 6.35. The first-order chi connectivity index (χ1) is 12.5. The first-order valence-electron chi connectivity index (χ1n) is 7.75. The number of hydrogen-bond acceptors (Lipinski definition) is 6. The van der Waals surface area contributed by atoms with E-state index in [1.807, 2.05) is 6.92 Å². The number of methoxy groups -OCH3 is 1. The van der Waals surface area contributed by atoms with Crippen LogP contribution in [-0.2, 0) is 0 Å². The lowest BCUT2D eigenvalue weighted by Gasteiger charge is -2.15. The largest absolute Gasteiger partial charge is 0.493 e. The molecule has 0 saturated carbocycles. The average Bonchev–Trinajstić information content (AvgIpc) is 2.60. The van der Waals surface area contributed by atoms with E-state index < -0.39 is 5.56 Å². The maximum absolute atomic E-state index is 6.08. The van der Waals surface area contributed by atoms with Crippen LogP contribution < -0.4 is 14.8 Å². The molecule has 0 amide bonds. The zero-order valence-corrected chi connectivity index (χ0v) is 16.2. The van der Waals surface area contributed by atoms with Crippen molar-refractivity contribution < 1.29 is 9.47 Å². The van der Waals surface area contributed by atoms with Crippen LogP contribution in [0, 0.1) is 0 Å². The monoisotopic (exact) mass is 412 g/mol. The maximum Gasteiger partial charge on any atom is 0.172 e. The number of aromatic nitrogens is 3. The van der Waals surface area contributed by atoms with E-state index in [1.165, 1.54) is 0 Å². The van der Waals surface area contributed by atoms with Crippen molar-refractivity contribution in [2.45, 2.75) is 18.9 Å². The van der Waals surface area contributed by atoms with Crippen LogP contribution in [0.25, 0.3) is 10.9 Å². The molecule has 1 atom stereocenters. The Kier molecular flexibility index (Phi) is 5.86. The summed E-state index contributed by atoms with van der Waals surface area (Å²) in [6.45, 7) is 1.92. The van der Waals surface area contributed by atoms with Crippen LogP contribution in [-0.4, -0.2) is 28.1 Å². The summed E-state index contributed by atoms with van der Waals surface area (Å²) in [6.07, 6.45) is 0.646. The number of nitrogens with one attached hydrogen (secondary N) is 1. The summed E-state index contributed by atoms with van der Waals surface area (Å²) in [5.74, 6) is 1.48. The van der Waals surface area contributed by atoms with Crippen LogP contribution in [0.5, 0.6) is 11.5 Å². The molecule has 3 aromatic rings. The van der Waals surface area contributed by atoms with Gasteiger partial charge in [-0.05, 0) is 35.9 Å². The third kappa shape index (κ3) is 4.20. The van der Waals surface area contributed by atoms with Crippen molar-refractivity contribution in [3.63, 3.8) is 0 Å². The fraction of sp³-hybridized carbons (Fsp3) is 0.235. The van der Waals surface area contributed by atoms with Gasteiger partial charge in [0.05, 0.1) is 12.5 Å². The minimum Gasteiger partial charge on any atom is -0.493 e. The number of hydrogen-bond donors (Lipinski definition) is 1. The zero-order chi connectivity index (χ0) is 18.7. The Morgan fingerprint density at radius 3 is 2.42 bits per heavy atom. The number of fused-ring (bicyclic) bond motifs is 1. The van der Waals surface area contributed by atoms with Crippen LogP contribution in [0.3, 0.4) is 0 Å². The van der Waals surface area contributed by atoms with Crippen molar-refractivity contribution in [3.8, 4) is 11.5 Å². The molecule has 3 rings (SSSR count). The summed E-state index contributed by atoms with van der Waals surface area (Å²) in [4.78, 5) is 0. The lowest BCUT2D eigenvalue weighted by Crippen LogP contribution is -2.08. The molecule has 2 aromatic carbocycles. The van der Waals surface area contributed by atoms with Crippen molar-refractivity contribution in [2.75, 3.05) is 12.4 Å². The summed E-state index contributed by atoms with van der Waals surface area (Å²) in [6, 6.07) is 8.59. The molecule has 0 aliphatic rings. The summed E-state index contributed by atoms with van der Waals surface area (Å²) < 4.78 is 11.1. The summed E-state index contributed by atoms with van der Waals surface area (Å²) >= 11 is 18.2. The third-order valence-corrected chi connectivity index (χ3v) is 4.37. The minimum atomic E-state index is -0.470. The smallest absolute Gasteiger partial charge is 0.172 e. The van der Waals surface area contributed by atoms with Crippen LogP contribution in [0.4, 0.5) is 11.5 Å². The summed E-state index contributed by atoms with van der Waals surface area (Å²) in [5, 5.41) is 16.8. The Bertz CT molecular complexity index is 919. The number of ether oxygens (including phenoxy) is 2. The van der Waals surface area contributed by atoms with Crippen molar-refractivity contribution in [1.82, 2.24) is 15.4 Å². The summed E-state index contributed by atoms with van der Waals surface area (Å²) in [5.41, 5.74) is 0.782. The van der Waals surface area contributed by atoms with E-state index in [0.29, 0.717) is 50.4 Å². The number of nitrogens with zero attached hydrogens (tertiary/aromatic N) is 3. The average molecular weight is 414 g/mol. The molecule has 1 unspecified atom stereocenters. The van der Waals surface area contributed by atoms with E-state index in [1.54, 1.807) is 37.4 Å². The lowest BCUT2D eigenvalue weighted by molar-refractivity contribution is 0.261. The van der Waals surface area contributed by atoms with E-state index in [2.05, 4.69) is 20.7 Å². The van der Waals surface area contributed by atoms with Crippen LogP contribution in [0.2, 0.25) is 10.0 Å². The maximum atomic E-state index is 6.08. The topological polar surface area (TPSA) is 69.2 Å². The molecule has 0 radical (unpaired) electrons. The standard InChI is InChI=1S/C17H15Cl3N4O2/c1-3-16(20)26-15-8-13-12(7-14(15)25-2)17(23-24-22-13)21-11-5-9(18)4-10(19)6-11/h4-8,16H,3H2,1-2H3,(H,21,22,23). The van der Waals surface area contributed by atoms with Gasteiger partial charge in [-0.15, -0.1) is 10.2 Å². The molecule has 0 saturated heterocycles. The molecule has 0 spiro atoms. The zero-order valence-electron chi connectivity index (χ0n) is 14.0. The Hall–Kier alpha value is -2.02. The number of alkyl halides is 1. The first-order valence-corrected chi connectivity index (χ1v) is 8.94. The van der Waals surface area contributed by atoms with Crippen LogP contribution >= 0.6 is 34.8 Å². The van der Waals surface area contributed by atoms with Gasteiger partial charge in [0.2, 0.25) is 0 Å². The van der Waals surface area contributed by atoms with Gasteiger partial charge in [0.1, 0.15) is 5.52 Å². The van der Waals surface area contributed by atoms with Gasteiger partial charge in [-0.3, -0.25) is 0 Å². The van der Waals surface area contributed by atoms with Gasteiger partial charge in [-0.1, -0.05) is 41.7 Å². The molecule has 26 heavy (non-hydrogen) atoms. The molecule has 136 valence electrons. The van der Waals surface area contributed by atoms with Crippen molar-refractivity contribution in [2.24, 2.45) is 0 Å². The van der Waals surface area contributed by atoms with Gasteiger partial charge in [0.15, 0.2) is 22.9 Å². The van der Waals surface area contributed by atoms with Gasteiger partial charge in [0, 0.05) is 21.8 Å². The van der Waals surface area contributed by atoms with Gasteiger partial charge >= 0.3 is 0 Å². The molecule has 1 N–H and O–H groups in total. The minimum absolute atomic E-state index is 0.470. The van der Waals surface area contributed by atoms with Crippen molar-refractivity contribution in [1.29, 1.82) is 0 Å². The number of halogens is 3. The summed E-state index contributed by atoms with van der Waals surface area (Å²) in [7, 11) is 1.55. The number of rotatable bonds is 6. The second-order valence-electron chi connectivity index (χ2n) is 5.38.